The highest BCUT2D eigenvalue weighted by Crippen LogP contribution is 2.33. The first kappa shape index (κ1) is 11.1. The summed E-state index contributed by atoms with van der Waals surface area (Å²) >= 11 is 0. The van der Waals surface area contributed by atoms with Crippen LogP contribution >= 0.6 is 0 Å². The van der Waals surface area contributed by atoms with Crippen molar-refractivity contribution in [2.75, 3.05) is 0 Å². The summed E-state index contributed by atoms with van der Waals surface area (Å²) in [6, 6.07) is 0. The van der Waals surface area contributed by atoms with E-state index in [0.29, 0.717) is 0 Å². The third-order valence-electron chi connectivity index (χ3n) is 2.19. The van der Waals surface area contributed by atoms with Gasteiger partial charge in [0.05, 0.1) is 0 Å². The van der Waals surface area contributed by atoms with Crippen LogP contribution in [0.2, 0.25) is 0 Å². The van der Waals surface area contributed by atoms with Crippen LogP contribution in [0.15, 0.2) is 72.2 Å². The summed E-state index contributed by atoms with van der Waals surface area (Å²) in [5.41, 5.74) is 15.1. The van der Waals surface area contributed by atoms with Crippen LogP contribution in [-0.2, 0) is 0 Å². The molecule has 15 heavy (non-hydrogen) atoms. The highest BCUT2D eigenvalue weighted by molar-refractivity contribution is 5.60. The van der Waals surface area contributed by atoms with E-state index in [4.69, 9.17) is 11.5 Å². The summed E-state index contributed by atoms with van der Waals surface area (Å²) in [5.74, 6) is 0. The van der Waals surface area contributed by atoms with Crippen molar-refractivity contribution in [1.29, 1.82) is 0 Å². The van der Waals surface area contributed by atoms with Crippen LogP contribution in [0, 0.1) is 0 Å². The first-order valence-corrected chi connectivity index (χ1v) is 4.75. The largest absolute Gasteiger partial charge is 0.405 e. The molecule has 2 heteroatoms. The second-order valence-electron chi connectivity index (χ2n) is 3.28. The van der Waals surface area contributed by atoms with E-state index >= 15 is 0 Å². The molecular weight excluding hydrogens is 184 g/mol. The lowest BCUT2D eigenvalue weighted by atomic mass is 10.0. The molecule has 0 aromatic rings. The lowest BCUT2D eigenvalue weighted by molar-refractivity contribution is 1.16. The molecule has 0 unspecified atom stereocenters. The van der Waals surface area contributed by atoms with Crippen molar-refractivity contribution in [2.45, 2.75) is 6.42 Å². The van der Waals surface area contributed by atoms with Crippen LogP contribution in [0.1, 0.15) is 6.42 Å². The Bertz CT molecular complexity index is 393. The molecule has 0 spiro atoms. The van der Waals surface area contributed by atoms with Gasteiger partial charge < -0.3 is 11.5 Å². The van der Waals surface area contributed by atoms with Gasteiger partial charge in [-0.25, -0.2) is 0 Å². The number of nitrogens with two attached hydrogens (primary N) is 2. The maximum Gasteiger partial charge on any atom is 0.0205 e. The number of rotatable bonds is 3. The summed E-state index contributed by atoms with van der Waals surface area (Å²) in [4.78, 5) is 0. The van der Waals surface area contributed by atoms with Crippen molar-refractivity contribution in [3.8, 4) is 0 Å². The van der Waals surface area contributed by atoms with Crippen molar-refractivity contribution in [3.05, 3.63) is 72.2 Å². The molecule has 4 N–H and O–H groups in total. The van der Waals surface area contributed by atoms with Gasteiger partial charge in [-0.1, -0.05) is 37.5 Å². The lowest BCUT2D eigenvalue weighted by Gasteiger charge is -2.00. The minimum Gasteiger partial charge on any atom is -0.405 e. The smallest absolute Gasteiger partial charge is 0.0205 e. The van der Waals surface area contributed by atoms with E-state index in [-0.39, 0.29) is 0 Å². The van der Waals surface area contributed by atoms with Gasteiger partial charge >= 0.3 is 0 Å². The molecule has 0 saturated heterocycles. The maximum atomic E-state index is 5.91. The van der Waals surface area contributed by atoms with Gasteiger partial charge in [0.25, 0.3) is 0 Å². The molecule has 0 radical (unpaired) electrons. The highest BCUT2D eigenvalue weighted by atomic mass is 14.6. The number of hydrogen-bond acceptors (Lipinski definition) is 2. The predicted molar refractivity (Wildman–Crippen MR) is 65.7 cm³/mol. The van der Waals surface area contributed by atoms with Gasteiger partial charge in [-0.05, 0) is 23.4 Å². The topological polar surface area (TPSA) is 52.0 Å². The summed E-state index contributed by atoms with van der Waals surface area (Å²) in [6.45, 7) is 7.60. The minimum absolute atomic E-state index is 0.723. The Balaban J connectivity index is 3.08. The van der Waals surface area contributed by atoms with Gasteiger partial charge in [-0.15, -0.1) is 0 Å². The Labute approximate surface area is 90.7 Å². The van der Waals surface area contributed by atoms with Gasteiger partial charge in [-0.2, -0.15) is 0 Å². The number of allylic oxidation sites excluding steroid dienone is 8. The Kier molecular flexibility index (Phi) is 3.75. The standard InChI is InChI=1S/C13H16N2/c1-3-4-6-12-11(7-5-8-14)10(2)9-13(12)15/h3-8H,1-2,9,14-15H2/b6-4-,8-5-,11-7+. The van der Waals surface area contributed by atoms with Crippen LogP contribution in [0.3, 0.4) is 0 Å². The second kappa shape index (κ2) is 5.05. The molecular formula is C13H16N2. The Morgan fingerprint density at radius 2 is 2.00 bits per heavy atom. The van der Waals surface area contributed by atoms with E-state index in [0.717, 1.165) is 28.8 Å². The molecule has 0 aromatic carbocycles. The maximum absolute atomic E-state index is 5.91. The van der Waals surface area contributed by atoms with Crippen molar-refractivity contribution in [2.24, 2.45) is 11.5 Å². The fourth-order valence-electron chi connectivity index (χ4n) is 1.50. The quantitative estimate of drug-likeness (QED) is 0.687. The molecule has 0 saturated carbocycles. The van der Waals surface area contributed by atoms with E-state index < -0.39 is 0 Å². The van der Waals surface area contributed by atoms with E-state index in [1.807, 2.05) is 18.2 Å². The average Bonchev–Trinajstić information content (AvgIpc) is 2.47. The SMILES string of the molecule is C=C/C=C\C1=C(N)CC(=C)/C1=C\C=C/N. The van der Waals surface area contributed by atoms with Gasteiger partial charge in [0, 0.05) is 17.7 Å². The highest BCUT2D eigenvalue weighted by Gasteiger charge is 2.18. The van der Waals surface area contributed by atoms with Crippen molar-refractivity contribution in [1.82, 2.24) is 0 Å². The number of hydrogen-bond donors (Lipinski definition) is 2. The van der Waals surface area contributed by atoms with Crippen LogP contribution in [-0.4, -0.2) is 0 Å². The molecule has 0 bridgehead atoms. The molecule has 0 heterocycles. The molecule has 2 nitrogen and oxygen atoms in total. The lowest BCUT2D eigenvalue weighted by Crippen LogP contribution is -1.94. The van der Waals surface area contributed by atoms with Gasteiger partial charge in [0.15, 0.2) is 0 Å². The third kappa shape index (κ3) is 2.50. The molecule has 1 aliphatic rings. The van der Waals surface area contributed by atoms with Crippen LogP contribution in [0.25, 0.3) is 0 Å². The zero-order valence-corrected chi connectivity index (χ0v) is 8.74. The Morgan fingerprint density at radius 1 is 1.27 bits per heavy atom. The summed E-state index contributed by atoms with van der Waals surface area (Å²) in [5, 5.41) is 0. The van der Waals surface area contributed by atoms with E-state index in [9.17, 15) is 0 Å². The molecule has 0 fully saturated rings. The van der Waals surface area contributed by atoms with Crippen LogP contribution < -0.4 is 11.5 Å². The second-order valence-corrected chi connectivity index (χ2v) is 3.28. The fourth-order valence-corrected chi connectivity index (χ4v) is 1.50. The minimum atomic E-state index is 0.723. The van der Waals surface area contributed by atoms with Gasteiger partial charge in [0.2, 0.25) is 0 Å². The van der Waals surface area contributed by atoms with Crippen molar-refractivity contribution < 1.29 is 0 Å². The van der Waals surface area contributed by atoms with E-state index in [2.05, 4.69) is 13.2 Å². The molecule has 0 aliphatic heterocycles. The van der Waals surface area contributed by atoms with E-state index in [1.54, 1.807) is 12.2 Å². The monoisotopic (exact) mass is 200 g/mol. The van der Waals surface area contributed by atoms with E-state index in [1.165, 1.54) is 6.20 Å². The van der Waals surface area contributed by atoms with Crippen molar-refractivity contribution >= 4 is 0 Å². The molecule has 78 valence electrons. The van der Waals surface area contributed by atoms with Gasteiger partial charge in [0.1, 0.15) is 0 Å². The van der Waals surface area contributed by atoms with Crippen LogP contribution in [0.5, 0.6) is 0 Å². The average molecular weight is 200 g/mol. The molecule has 1 rings (SSSR count). The zero-order valence-electron chi connectivity index (χ0n) is 8.74. The Morgan fingerprint density at radius 3 is 2.60 bits per heavy atom. The summed E-state index contributed by atoms with van der Waals surface area (Å²) < 4.78 is 0. The first-order chi connectivity index (χ1) is 7.20. The fraction of sp³-hybridized carbons (Fsp3) is 0.0769. The molecule has 0 amide bonds. The normalized spacial score (nSPS) is 20.0. The van der Waals surface area contributed by atoms with Crippen molar-refractivity contribution in [3.63, 3.8) is 0 Å². The predicted octanol–water partition coefficient (Wildman–Crippen LogP) is 2.30. The molecule has 0 aromatic heterocycles. The summed E-state index contributed by atoms with van der Waals surface area (Å²) in [6.07, 6.45) is 11.4. The van der Waals surface area contributed by atoms with Gasteiger partial charge in [-0.3, -0.25) is 0 Å². The summed E-state index contributed by atoms with van der Waals surface area (Å²) in [7, 11) is 0. The third-order valence-corrected chi connectivity index (χ3v) is 2.19. The molecule has 0 atom stereocenters. The zero-order chi connectivity index (χ0) is 11.3. The molecule has 1 aliphatic carbocycles. The Hall–Kier alpha value is -1.96. The first-order valence-electron chi connectivity index (χ1n) is 4.75. The van der Waals surface area contributed by atoms with Crippen LogP contribution in [0.4, 0.5) is 0 Å².